The molecule has 0 atom stereocenters. The number of para-hydroxylation sites is 1. The zero-order chi connectivity index (χ0) is 11.5. The minimum Gasteiger partial charge on any atom is -0.368 e. The second-order valence-corrected chi connectivity index (χ2v) is 3.62. The van der Waals surface area contributed by atoms with Gasteiger partial charge in [-0.1, -0.05) is 18.2 Å². The highest BCUT2D eigenvalue weighted by Gasteiger charge is 2.06. The van der Waals surface area contributed by atoms with Crippen molar-refractivity contribution in [2.45, 2.75) is 13.8 Å². The van der Waals surface area contributed by atoms with Gasteiger partial charge in [-0.25, -0.2) is 9.97 Å². The molecule has 0 saturated heterocycles. The van der Waals surface area contributed by atoms with Gasteiger partial charge in [-0.3, -0.25) is 0 Å². The quantitative estimate of drug-likeness (QED) is 0.805. The van der Waals surface area contributed by atoms with Crippen molar-refractivity contribution in [3.05, 3.63) is 41.7 Å². The van der Waals surface area contributed by atoms with Crippen LogP contribution >= 0.6 is 0 Å². The average molecular weight is 214 g/mol. The van der Waals surface area contributed by atoms with Crippen LogP contribution < -0.4 is 11.1 Å². The van der Waals surface area contributed by atoms with Gasteiger partial charge in [-0.05, 0) is 26.0 Å². The Morgan fingerprint density at radius 3 is 2.12 bits per heavy atom. The molecule has 0 aliphatic rings. The number of aryl methyl sites for hydroxylation is 2. The van der Waals surface area contributed by atoms with Gasteiger partial charge in [0.2, 0.25) is 5.95 Å². The van der Waals surface area contributed by atoms with Gasteiger partial charge in [0.25, 0.3) is 0 Å². The van der Waals surface area contributed by atoms with Gasteiger partial charge < -0.3 is 11.1 Å². The summed E-state index contributed by atoms with van der Waals surface area (Å²) in [5.74, 6) is 0.314. The number of hydrogen-bond acceptors (Lipinski definition) is 4. The number of rotatable bonds is 2. The lowest BCUT2D eigenvalue weighted by atomic mass is 10.2. The molecule has 1 aromatic heterocycles. The minimum atomic E-state index is 0.314. The second-order valence-electron chi connectivity index (χ2n) is 3.62. The predicted octanol–water partition coefficient (Wildman–Crippen LogP) is 2.42. The molecule has 82 valence electrons. The molecule has 0 fully saturated rings. The maximum absolute atomic E-state index is 5.57. The third-order valence-corrected chi connectivity index (χ3v) is 2.33. The Hall–Kier alpha value is -2.10. The molecule has 4 nitrogen and oxygen atoms in total. The summed E-state index contributed by atoms with van der Waals surface area (Å²) in [4.78, 5) is 8.27. The lowest BCUT2D eigenvalue weighted by Gasteiger charge is -2.11. The average Bonchev–Trinajstić information content (AvgIpc) is 2.25. The van der Waals surface area contributed by atoms with E-state index in [1.54, 1.807) is 0 Å². The van der Waals surface area contributed by atoms with Crippen molar-refractivity contribution in [2.24, 2.45) is 0 Å². The van der Waals surface area contributed by atoms with E-state index in [1.165, 1.54) is 0 Å². The summed E-state index contributed by atoms with van der Waals surface area (Å²) in [6.45, 7) is 3.83. The van der Waals surface area contributed by atoms with Crippen LogP contribution in [0.2, 0.25) is 0 Å². The molecule has 2 aromatic rings. The van der Waals surface area contributed by atoms with Crippen LogP contribution in [0.3, 0.4) is 0 Å². The first kappa shape index (κ1) is 10.4. The third kappa shape index (κ3) is 2.11. The van der Waals surface area contributed by atoms with Crippen molar-refractivity contribution < 1.29 is 0 Å². The first-order valence-corrected chi connectivity index (χ1v) is 5.09. The number of nitrogens with zero attached hydrogens (tertiary/aromatic N) is 2. The first-order chi connectivity index (χ1) is 7.66. The van der Waals surface area contributed by atoms with Gasteiger partial charge in [0.05, 0.1) is 17.1 Å². The molecule has 0 radical (unpaired) electrons. The van der Waals surface area contributed by atoms with E-state index in [2.05, 4.69) is 15.3 Å². The lowest BCUT2D eigenvalue weighted by molar-refractivity contribution is 1.07. The lowest BCUT2D eigenvalue weighted by Crippen LogP contribution is -2.04. The number of nitrogens with one attached hydrogen (secondary N) is 1. The maximum Gasteiger partial charge on any atom is 0.220 e. The number of hydrogen-bond donors (Lipinski definition) is 2. The summed E-state index contributed by atoms with van der Waals surface area (Å²) >= 11 is 0. The number of nitrogen functional groups attached to an aromatic ring is 1. The molecule has 1 aromatic carbocycles. The van der Waals surface area contributed by atoms with Crippen LogP contribution in [0, 0.1) is 13.8 Å². The largest absolute Gasteiger partial charge is 0.368 e. The van der Waals surface area contributed by atoms with E-state index in [4.69, 9.17) is 5.73 Å². The fourth-order valence-electron chi connectivity index (χ4n) is 1.59. The topological polar surface area (TPSA) is 63.8 Å². The van der Waals surface area contributed by atoms with Crippen molar-refractivity contribution in [1.82, 2.24) is 9.97 Å². The van der Waals surface area contributed by atoms with Crippen molar-refractivity contribution >= 4 is 17.3 Å². The Morgan fingerprint density at radius 1 is 1.00 bits per heavy atom. The van der Waals surface area contributed by atoms with Crippen molar-refractivity contribution in [2.75, 3.05) is 11.1 Å². The molecule has 1 heterocycles. The van der Waals surface area contributed by atoms with E-state index in [0.29, 0.717) is 5.95 Å². The highest BCUT2D eigenvalue weighted by Crippen LogP contribution is 2.22. The van der Waals surface area contributed by atoms with E-state index >= 15 is 0 Å². The Balaban J connectivity index is 2.35. The van der Waals surface area contributed by atoms with Crippen LogP contribution in [0.15, 0.2) is 30.3 Å². The van der Waals surface area contributed by atoms with E-state index in [1.807, 2.05) is 44.2 Å². The molecule has 0 saturated carbocycles. The van der Waals surface area contributed by atoms with Crippen molar-refractivity contribution in [3.8, 4) is 0 Å². The van der Waals surface area contributed by atoms with E-state index in [0.717, 1.165) is 22.8 Å². The number of aromatic nitrogens is 2. The molecule has 4 heteroatoms. The Bertz CT molecular complexity index is 471. The van der Waals surface area contributed by atoms with Gasteiger partial charge >= 0.3 is 0 Å². The van der Waals surface area contributed by atoms with Gasteiger partial charge in [0.1, 0.15) is 0 Å². The van der Waals surface area contributed by atoms with Gasteiger partial charge in [0, 0.05) is 5.69 Å². The molecule has 3 N–H and O–H groups in total. The predicted molar refractivity (Wildman–Crippen MR) is 65.6 cm³/mol. The van der Waals surface area contributed by atoms with E-state index < -0.39 is 0 Å². The van der Waals surface area contributed by atoms with Crippen LogP contribution in [0.1, 0.15) is 11.4 Å². The summed E-state index contributed by atoms with van der Waals surface area (Å²) in [6.07, 6.45) is 0. The Kier molecular flexibility index (Phi) is 2.72. The maximum atomic E-state index is 5.57. The summed E-state index contributed by atoms with van der Waals surface area (Å²) in [7, 11) is 0. The molecule has 0 aliphatic heterocycles. The van der Waals surface area contributed by atoms with Gasteiger partial charge in [0.15, 0.2) is 0 Å². The van der Waals surface area contributed by atoms with Crippen LogP contribution in [-0.4, -0.2) is 9.97 Å². The van der Waals surface area contributed by atoms with Crippen LogP contribution in [0.4, 0.5) is 17.3 Å². The minimum absolute atomic E-state index is 0.314. The van der Waals surface area contributed by atoms with E-state index in [9.17, 15) is 0 Å². The molecule has 0 aliphatic carbocycles. The Labute approximate surface area is 94.5 Å². The highest BCUT2D eigenvalue weighted by molar-refractivity contribution is 5.64. The highest BCUT2D eigenvalue weighted by atomic mass is 15.0. The molecule has 0 amide bonds. The first-order valence-electron chi connectivity index (χ1n) is 5.09. The smallest absolute Gasteiger partial charge is 0.220 e. The summed E-state index contributed by atoms with van der Waals surface area (Å²) in [6, 6.07) is 9.92. The fourth-order valence-corrected chi connectivity index (χ4v) is 1.59. The SMILES string of the molecule is Cc1nc(N)nc(C)c1Nc1ccccc1. The molecule has 0 bridgehead atoms. The third-order valence-electron chi connectivity index (χ3n) is 2.33. The second kappa shape index (κ2) is 4.18. The Morgan fingerprint density at radius 2 is 1.56 bits per heavy atom. The normalized spacial score (nSPS) is 10.1. The summed E-state index contributed by atoms with van der Waals surface area (Å²) < 4.78 is 0. The number of benzene rings is 1. The zero-order valence-electron chi connectivity index (χ0n) is 9.36. The van der Waals surface area contributed by atoms with Crippen molar-refractivity contribution in [3.63, 3.8) is 0 Å². The molecule has 16 heavy (non-hydrogen) atoms. The molecule has 2 rings (SSSR count). The molecular formula is C12H14N4. The zero-order valence-corrected chi connectivity index (χ0v) is 9.36. The van der Waals surface area contributed by atoms with Crippen LogP contribution in [-0.2, 0) is 0 Å². The van der Waals surface area contributed by atoms with Crippen molar-refractivity contribution in [1.29, 1.82) is 0 Å². The summed E-state index contributed by atoms with van der Waals surface area (Å²) in [5, 5.41) is 3.29. The molecule has 0 unspecified atom stereocenters. The summed E-state index contributed by atoms with van der Waals surface area (Å²) in [5.41, 5.74) is 9.22. The standard InChI is InChI=1S/C12H14N4/c1-8-11(9(2)15-12(13)14-8)16-10-6-4-3-5-7-10/h3-7,16H,1-2H3,(H2,13,14,15). The van der Waals surface area contributed by atoms with Gasteiger partial charge in [-0.15, -0.1) is 0 Å². The van der Waals surface area contributed by atoms with Crippen LogP contribution in [0.25, 0.3) is 0 Å². The molecule has 0 spiro atoms. The van der Waals surface area contributed by atoms with Gasteiger partial charge in [-0.2, -0.15) is 0 Å². The van der Waals surface area contributed by atoms with Crippen LogP contribution in [0.5, 0.6) is 0 Å². The number of nitrogens with two attached hydrogens (primary N) is 1. The monoisotopic (exact) mass is 214 g/mol. The van der Waals surface area contributed by atoms with E-state index in [-0.39, 0.29) is 0 Å². The number of anilines is 3. The fraction of sp³-hybridized carbons (Fsp3) is 0.167. The molecular weight excluding hydrogens is 200 g/mol.